The number of hydrogen-bond acceptors (Lipinski definition) is 8. The minimum absolute atomic E-state index is 0.232. The van der Waals surface area contributed by atoms with Gasteiger partial charge in [-0.1, -0.05) is 17.3 Å². The van der Waals surface area contributed by atoms with Crippen LogP contribution >= 0.6 is 0 Å². The number of pyridine rings is 1. The molecule has 0 aliphatic heterocycles. The first kappa shape index (κ1) is 32.2. The summed E-state index contributed by atoms with van der Waals surface area (Å²) in [5.74, 6) is -5.05. The van der Waals surface area contributed by atoms with Crippen LogP contribution in [-0.2, 0) is 20.9 Å². The number of aromatic nitrogens is 6. The molecule has 5 rings (SSSR count). The topological polar surface area (TPSA) is 169 Å². The fourth-order valence-electron chi connectivity index (χ4n) is 3.22. The van der Waals surface area contributed by atoms with E-state index in [0.29, 0.717) is 28.7 Å². The SMILES string of the molecule is COCc1nc(-c2cnc3ccc(-c4cn[nH]c4-c4ccccc4F)cn23)no1.O=C(O)C(F)(F)F.O=C(O)C(F)(F)F. The number of imidazole rings is 1. The molecule has 19 heteroatoms. The van der Waals surface area contributed by atoms with Crippen LogP contribution < -0.4 is 0 Å². The van der Waals surface area contributed by atoms with Crippen LogP contribution in [0.4, 0.5) is 30.7 Å². The standard InChI is InChI=1S/C20H15FN6O2.2C2HF3O2/c1-28-11-18-24-20(26-29-18)16-9-22-17-7-6-12(10-27(16)17)14-8-23-25-19(14)13-4-2-3-5-15(13)21;2*3-2(4,5)1(6)7/h2-10H,11H2,1H3,(H,23,25);2*(H,6,7). The van der Waals surface area contributed by atoms with Crippen molar-refractivity contribution >= 4 is 17.6 Å². The molecule has 3 N–H and O–H groups in total. The fourth-order valence-corrected chi connectivity index (χ4v) is 3.22. The van der Waals surface area contributed by atoms with Gasteiger partial charge in [0.05, 0.1) is 18.1 Å². The third-order valence-electron chi connectivity index (χ3n) is 5.05. The number of nitrogens with zero attached hydrogens (tertiary/aromatic N) is 5. The molecule has 0 saturated carbocycles. The number of aliphatic carboxylic acids is 2. The van der Waals surface area contributed by atoms with Gasteiger partial charge in [-0.2, -0.15) is 36.4 Å². The first-order valence-electron chi connectivity index (χ1n) is 11.3. The summed E-state index contributed by atoms with van der Waals surface area (Å²) in [6, 6.07) is 10.4. The minimum atomic E-state index is -5.08. The average Bonchev–Trinajstić information content (AvgIpc) is 3.68. The lowest BCUT2D eigenvalue weighted by Crippen LogP contribution is -2.21. The van der Waals surface area contributed by atoms with E-state index in [2.05, 4.69) is 25.3 Å². The molecular weight excluding hydrogens is 601 g/mol. The minimum Gasteiger partial charge on any atom is -0.475 e. The van der Waals surface area contributed by atoms with Crippen molar-refractivity contribution in [1.82, 2.24) is 29.7 Å². The first-order chi connectivity index (χ1) is 20.1. The molecular formula is C24H17F7N6O6. The van der Waals surface area contributed by atoms with E-state index in [0.717, 1.165) is 16.8 Å². The van der Waals surface area contributed by atoms with E-state index in [1.54, 1.807) is 37.7 Å². The van der Waals surface area contributed by atoms with E-state index in [1.807, 2.05) is 22.7 Å². The van der Waals surface area contributed by atoms with E-state index in [4.69, 9.17) is 29.1 Å². The Kier molecular flexibility index (Phi) is 9.81. The van der Waals surface area contributed by atoms with Crippen LogP contribution in [-0.4, -0.2) is 71.3 Å². The summed E-state index contributed by atoms with van der Waals surface area (Å²) >= 11 is 0. The van der Waals surface area contributed by atoms with Gasteiger partial charge in [0.2, 0.25) is 5.82 Å². The van der Waals surface area contributed by atoms with Gasteiger partial charge in [-0.3, -0.25) is 9.50 Å². The zero-order chi connectivity index (χ0) is 31.9. The Morgan fingerprint density at radius 3 is 2.19 bits per heavy atom. The largest absolute Gasteiger partial charge is 0.490 e. The van der Waals surface area contributed by atoms with Crippen molar-refractivity contribution in [3.63, 3.8) is 0 Å². The molecule has 0 fully saturated rings. The molecule has 0 atom stereocenters. The summed E-state index contributed by atoms with van der Waals surface area (Å²) in [5.41, 5.74) is 4.05. The molecule has 0 bridgehead atoms. The van der Waals surface area contributed by atoms with Crippen molar-refractivity contribution < 1.29 is 59.8 Å². The van der Waals surface area contributed by atoms with Crippen LogP contribution in [0.1, 0.15) is 5.89 Å². The highest BCUT2D eigenvalue weighted by atomic mass is 19.4. The Morgan fingerprint density at radius 1 is 0.977 bits per heavy atom. The summed E-state index contributed by atoms with van der Waals surface area (Å²) < 4.78 is 89.8. The Bertz CT molecular complexity index is 1690. The average molecular weight is 618 g/mol. The molecule has 5 aromatic rings. The number of carboxylic acid groups (broad SMARTS) is 2. The lowest BCUT2D eigenvalue weighted by atomic mass is 10.0. The van der Waals surface area contributed by atoms with Crippen LogP contribution in [0.5, 0.6) is 0 Å². The quantitative estimate of drug-likeness (QED) is 0.228. The number of carbonyl (C=O) groups is 2. The molecule has 0 saturated heterocycles. The van der Waals surface area contributed by atoms with E-state index in [9.17, 15) is 30.7 Å². The molecule has 228 valence electrons. The molecule has 0 amide bonds. The Morgan fingerprint density at radius 2 is 1.60 bits per heavy atom. The molecule has 0 unspecified atom stereocenters. The zero-order valence-electron chi connectivity index (χ0n) is 21.3. The van der Waals surface area contributed by atoms with Gasteiger partial charge in [-0.05, 0) is 24.3 Å². The van der Waals surface area contributed by atoms with E-state index >= 15 is 0 Å². The van der Waals surface area contributed by atoms with Crippen molar-refractivity contribution in [2.75, 3.05) is 7.11 Å². The van der Waals surface area contributed by atoms with Gasteiger partial charge in [0.15, 0.2) is 0 Å². The number of ether oxygens (including phenoxy) is 1. The highest BCUT2D eigenvalue weighted by molar-refractivity contribution is 5.81. The second-order valence-electron chi connectivity index (χ2n) is 7.98. The molecule has 12 nitrogen and oxygen atoms in total. The van der Waals surface area contributed by atoms with Crippen molar-refractivity contribution in [3.8, 4) is 33.9 Å². The summed E-state index contributed by atoms with van der Waals surface area (Å²) in [6.07, 6.45) is -4.93. The number of carboxylic acids is 2. The van der Waals surface area contributed by atoms with Gasteiger partial charge in [-0.15, -0.1) is 0 Å². The molecule has 4 heterocycles. The Labute approximate surface area is 234 Å². The maximum Gasteiger partial charge on any atom is 0.490 e. The Balaban J connectivity index is 0.000000303. The molecule has 0 spiro atoms. The summed E-state index contributed by atoms with van der Waals surface area (Å²) in [4.78, 5) is 26.5. The number of nitrogens with one attached hydrogen (secondary N) is 1. The van der Waals surface area contributed by atoms with E-state index < -0.39 is 24.3 Å². The first-order valence-corrected chi connectivity index (χ1v) is 11.3. The van der Waals surface area contributed by atoms with Gasteiger partial charge in [-0.25, -0.2) is 19.0 Å². The number of rotatable bonds is 5. The number of benzene rings is 1. The second-order valence-corrected chi connectivity index (χ2v) is 7.98. The summed E-state index contributed by atoms with van der Waals surface area (Å²) in [7, 11) is 1.56. The Hall–Kier alpha value is -5.33. The summed E-state index contributed by atoms with van der Waals surface area (Å²) in [5, 5.41) is 25.3. The number of fused-ring (bicyclic) bond motifs is 1. The second kappa shape index (κ2) is 13.1. The van der Waals surface area contributed by atoms with E-state index in [1.165, 1.54) is 6.07 Å². The van der Waals surface area contributed by atoms with Crippen molar-refractivity contribution in [1.29, 1.82) is 0 Å². The lowest BCUT2D eigenvalue weighted by Gasteiger charge is -2.06. The monoisotopic (exact) mass is 618 g/mol. The van der Waals surface area contributed by atoms with Gasteiger partial charge < -0.3 is 19.5 Å². The molecule has 0 radical (unpaired) electrons. The smallest absolute Gasteiger partial charge is 0.475 e. The van der Waals surface area contributed by atoms with Gasteiger partial charge in [0.1, 0.15) is 23.8 Å². The van der Waals surface area contributed by atoms with Gasteiger partial charge in [0.25, 0.3) is 5.89 Å². The molecule has 0 aliphatic rings. The number of methoxy groups -OCH3 is 1. The third kappa shape index (κ3) is 8.12. The summed E-state index contributed by atoms with van der Waals surface area (Å²) in [6.45, 7) is 0.232. The van der Waals surface area contributed by atoms with Crippen molar-refractivity contribution in [2.24, 2.45) is 0 Å². The number of hydrogen-bond donors (Lipinski definition) is 3. The van der Waals surface area contributed by atoms with Crippen LogP contribution in [0.3, 0.4) is 0 Å². The van der Waals surface area contributed by atoms with Crippen LogP contribution in [0.2, 0.25) is 0 Å². The third-order valence-corrected chi connectivity index (χ3v) is 5.05. The van der Waals surface area contributed by atoms with Gasteiger partial charge in [0, 0.05) is 30.0 Å². The predicted molar refractivity (Wildman–Crippen MR) is 130 cm³/mol. The maximum atomic E-state index is 14.3. The highest BCUT2D eigenvalue weighted by Crippen LogP contribution is 2.32. The van der Waals surface area contributed by atoms with E-state index in [-0.39, 0.29) is 12.4 Å². The number of H-pyrrole nitrogens is 1. The molecule has 4 aromatic heterocycles. The van der Waals surface area contributed by atoms with Gasteiger partial charge >= 0.3 is 24.3 Å². The number of aromatic amines is 1. The lowest BCUT2D eigenvalue weighted by molar-refractivity contribution is -0.193. The van der Waals surface area contributed by atoms with Crippen LogP contribution in [0, 0.1) is 5.82 Å². The predicted octanol–water partition coefficient (Wildman–Crippen LogP) is 4.99. The molecule has 0 aliphatic carbocycles. The number of halogens is 7. The maximum absolute atomic E-state index is 14.3. The number of alkyl halides is 6. The zero-order valence-corrected chi connectivity index (χ0v) is 21.3. The normalized spacial score (nSPS) is 11.3. The van der Waals surface area contributed by atoms with Crippen molar-refractivity contribution in [3.05, 3.63) is 66.7 Å². The van der Waals surface area contributed by atoms with Crippen molar-refractivity contribution in [2.45, 2.75) is 19.0 Å². The molecule has 43 heavy (non-hydrogen) atoms. The fraction of sp³-hybridized carbons (Fsp3) is 0.167. The molecule has 1 aromatic carbocycles. The highest BCUT2D eigenvalue weighted by Gasteiger charge is 2.38. The van der Waals surface area contributed by atoms with Crippen LogP contribution in [0.15, 0.2) is 59.5 Å². The van der Waals surface area contributed by atoms with Crippen LogP contribution in [0.25, 0.3) is 39.5 Å².